The smallest absolute Gasteiger partial charge is 0.310 e. The van der Waals surface area contributed by atoms with Crippen molar-refractivity contribution in [2.45, 2.75) is 34.3 Å². The van der Waals surface area contributed by atoms with Crippen LogP contribution in [0.1, 0.15) is 33.3 Å². The maximum absolute atomic E-state index is 12.6. The predicted octanol–water partition coefficient (Wildman–Crippen LogP) is 5.45. The van der Waals surface area contributed by atoms with Crippen LogP contribution >= 0.6 is 0 Å². The third kappa shape index (κ3) is 5.59. The fraction of sp³-hybridized carbons (Fsp3) is 0.417. The second-order valence-electron chi connectivity index (χ2n) is 8.44. The molecule has 0 spiro atoms. The number of carbonyl (C=O) groups excluding carboxylic acids is 1. The van der Waals surface area contributed by atoms with Crippen LogP contribution in [0.4, 0.5) is 0 Å². The maximum Gasteiger partial charge on any atom is 0.310 e. The fourth-order valence-corrected chi connectivity index (χ4v) is 3.27. The molecule has 1 fully saturated rings. The van der Waals surface area contributed by atoms with Crippen LogP contribution in [0.3, 0.4) is 0 Å². The molecule has 0 N–H and O–H groups in total. The highest BCUT2D eigenvalue weighted by Gasteiger charge is 2.62. The van der Waals surface area contributed by atoms with E-state index in [4.69, 9.17) is 14.3 Å². The van der Waals surface area contributed by atoms with Crippen molar-refractivity contribution in [2.24, 2.45) is 28.3 Å². The van der Waals surface area contributed by atoms with E-state index >= 15 is 0 Å². The van der Waals surface area contributed by atoms with Crippen LogP contribution in [-0.4, -0.2) is 18.8 Å². The molecule has 1 saturated carbocycles. The lowest BCUT2D eigenvalue weighted by atomic mass is 10.1. The third-order valence-corrected chi connectivity index (χ3v) is 5.13. The third-order valence-electron chi connectivity index (χ3n) is 5.13. The molecule has 2 aromatic rings. The Kier molecular flexibility index (Phi) is 6.57. The Morgan fingerprint density at radius 2 is 1.83 bits per heavy atom. The number of hydrogen-bond donors (Lipinski definition) is 0. The average molecular weight is 395 g/mol. The highest BCUT2D eigenvalue weighted by Crippen LogP contribution is 2.57. The number of para-hydroxylation sites is 1. The standard InChI is InChI=1S/C24H29NO4/c1-17(2)15-28-25-14-21-22(24(21,3)4)23(26)27-16-18-9-8-12-20(13-18)29-19-10-6-5-7-11-19/h5-14,17,21-22H,15-16H2,1-4H3/b25-14+/t21-,22-/m0/s1. The summed E-state index contributed by atoms with van der Waals surface area (Å²) in [5, 5.41) is 4.02. The molecule has 0 heterocycles. The van der Waals surface area contributed by atoms with E-state index < -0.39 is 0 Å². The number of rotatable bonds is 9. The molecule has 0 saturated heterocycles. The molecular formula is C24H29NO4. The van der Waals surface area contributed by atoms with Crippen LogP contribution < -0.4 is 4.74 Å². The normalized spacial score (nSPS) is 19.9. The van der Waals surface area contributed by atoms with E-state index in [1.54, 1.807) is 6.21 Å². The number of nitrogens with zero attached hydrogens (tertiary/aromatic N) is 1. The van der Waals surface area contributed by atoms with Gasteiger partial charge in [0.15, 0.2) is 0 Å². The summed E-state index contributed by atoms with van der Waals surface area (Å²) < 4.78 is 11.4. The lowest BCUT2D eigenvalue weighted by molar-refractivity contribution is -0.147. The van der Waals surface area contributed by atoms with E-state index in [-0.39, 0.29) is 29.8 Å². The first-order valence-electron chi connectivity index (χ1n) is 10.0. The van der Waals surface area contributed by atoms with Crippen LogP contribution in [0.15, 0.2) is 59.8 Å². The van der Waals surface area contributed by atoms with Gasteiger partial charge in [0.05, 0.1) is 5.92 Å². The number of hydrogen-bond acceptors (Lipinski definition) is 5. The summed E-state index contributed by atoms with van der Waals surface area (Å²) in [6.45, 7) is 9.01. The largest absolute Gasteiger partial charge is 0.461 e. The van der Waals surface area contributed by atoms with E-state index in [2.05, 4.69) is 19.0 Å². The molecule has 0 amide bonds. The highest BCUT2D eigenvalue weighted by atomic mass is 16.6. The van der Waals surface area contributed by atoms with Gasteiger partial charge >= 0.3 is 5.97 Å². The summed E-state index contributed by atoms with van der Waals surface area (Å²) in [5.74, 6) is 1.53. The quantitative estimate of drug-likeness (QED) is 0.322. The van der Waals surface area contributed by atoms with E-state index in [0.717, 1.165) is 11.3 Å². The fourth-order valence-electron chi connectivity index (χ4n) is 3.27. The van der Waals surface area contributed by atoms with Crippen molar-refractivity contribution in [3.63, 3.8) is 0 Å². The van der Waals surface area contributed by atoms with Gasteiger partial charge in [-0.25, -0.2) is 0 Å². The summed E-state index contributed by atoms with van der Waals surface area (Å²) in [4.78, 5) is 17.8. The van der Waals surface area contributed by atoms with Gasteiger partial charge in [0, 0.05) is 12.1 Å². The molecule has 154 valence electrons. The average Bonchev–Trinajstić information content (AvgIpc) is 3.25. The zero-order chi connectivity index (χ0) is 20.9. The van der Waals surface area contributed by atoms with Crippen molar-refractivity contribution >= 4 is 12.2 Å². The molecule has 0 aromatic heterocycles. The van der Waals surface area contributed by atoms with Crippen LogP contribution in [0.5, 0.6) is 11.5 Å². The minimum absolute atomic E-state index is 0.0370. The minimum atomic E-state index is -0.204. The highest BCUT2D eigenvalue weighted by molar-refractivity contribution is 5.85. The summed E-state index contributed by atoms with van der Waals surface area (Å²) in [5.41, 5.74) is 0.718. The second kappa shape index (κ2) is 9.12. The molecule has 0 aliphatic heterocycles. The Bertz CT molecular complexity index is 845. The molecule has 2 aromatic carbocycles. The van der Waals surface area contributed by atoms with E-state index in [9.17, 15) is 4.79 Å². The first kappa shape index (κ1) is 20.9. The number of oxime groups is 1. The monoisotopic (exact) mass is 395 g/mol. The Balaban J connectivity index is 1.52. The molecule has 5 nitrogen and oxygen atoms in total. The van der Waals surface area contributed by atoms with Gasteiger partial charge < -0.3 is 14.3 Å². The van der Waals surface area contributed by atoms with Crippen molar-refractivity contribution in [1.82, 2.24) is 0 Å². The lowest BCUT2D eigenvalue weighted by Gasteiger charge is -2.09. The second-order valence-corrected chi connectivity index (χ2v) is 8.44. The first-order valence-corrected chi connectivity index (χ1v) is 10.0. The summed E-state index contributed by atoms with van der Waals surface area (Å²) >= 11 is 0. The minimum Gasteiger partial charge on any atom is -0.461 e. The predicted molar refractivity (Wildman–Crippen MR) is 113 cm³/mol. The Morgan fingerprint density at radius 1 is 1.10 bits per heavy atom. The van der Waals surface area contributed by atoms with Gasteiger partial charge in [-0.3, -0.25) is 4.79 Å². The summed E-state index contributed by atoms with van der Waals surface area (Å²) in [6.07, 6.45) is 1.74. The van der Waals surface area contributed by atoms with Gasteiger partial charge in [0.2, 0.25) is 0 Å². The summed E-state index contributed by atoms with van der Waals surface area (Å²) in [7, 11) is 0. The van der Waals surface area contributed by atoms with Gasteiger partial charge in [-0.05, 0) is 41.2 Å². The zero-order valence-electron chi connectivity index (χ0n) is 17.5. The molecule has 1 aliphatic rings. The molecule has 5 heteroatoms. The molecule has 0 radical (unpaired) electrons. The van der Waals surface area contributed by atoms with Gasteiger partial charge in [0.1, 0.15) is 24.7 Å². The van der Waals surface area contributed by atoms with Gasteiger partial charge in [-0.15, -0.1) is 0 Å². The van der Waals surface area contributed by atoms with Crippen molar-refractivity contribution in [2.75, 3.05) is 6.61 Å². The molecule has 1 aliphatic carbocycles. The lowest BCUT2D eigenvalue weighted by Crippen LogP contribution is -2.10. The van der Waals surface area contributed by atoms with E-state index in [1.807, 2.05) is 68.4 Å². The van der Waals surface area contributed by atoms with Crippen LogP contribution in [0, 0.1) is 23.2 Å². The van der Waals surface area contributed by atoms with Crippen molar-refractivity contribution in [3.05, 3.63) is 60.2 Å². The zero-order valence-corrected chi connectivity index (χ0v) is 17.5. The molecule has 3 rings (SSSR count). The van der Waals surface area contributed by atoms with Gasteiger partial charge in [0.25, 0.3) is 0 Å². The number of carbonyl (C=O) groups is 1. The molecule has 2 atom stereocenters. The molecular weight excluding hydrogens is 366 g/mol. The topological polar surface area (TPSA) is 57.1 Å². The maximum atomic E-state index is 12.6. The van der Waals surface area contributed by atoms with E-state index in [1.165, 1.54) is 0 Å². The molecule has 0 unspecified atom stereocenters. The van der Waals surface area contributed by atoms with Crippen molar-refractivity contribution in [1.29, 1.82) is 0 Å². The van der Waals surface area contributed by atoms with Crippen molar-refractivity contribution < 1.29 is 19.1 Å². The Labute approximate surface area is 172 Å². The molecule has 0 bridgehead atoms. The first-order chi connectivity index (χ1) is 13.9. The summed E-state index contributed by atoms with van der Waals surface area (Å²) in [6, 6.07) is 17.2. The number of esters is 1. The molecule has 29 heavy (non-hydrogen) atoms. The van der Waals surface area contributed by atoms with Crippen molar-refractivity contribution in [3.8, 4) is 11.5 Å². The van der Waals surface area contributed by atoms with Gasteiger partial charge in [-0.2, -0.15) is 0 Å². The van der Waals surface area contributed by atoms with Crippen LogP contribution in [-0.2, 0) is 21.0 Å². The Morgan fingerprint density at radius 3 is 2.55 bits per heavy atom. The number of ether oxygens (including phenoxy) is 2. The van der Waals surface area contributed by atoms with E-state index in [0.29, 0.717) is 18.3 Å². The van der Waals surface area contributed by atoms with Crippen LogP contribution in [0.25, 0.3) is 0 Å². The number of benzene rings is 2. The Hall–Kier alpha value is -2.82. The van der Waals surface area contributed by atoms with Crippen LogP contribution in [0.2, 0.25) is 0 Å². The SMILES string of the molecule is CC(C)CO/N=C/[C@H]1[C@@H](C(=O)OCc2cccc(Oc3ccccc3)c2)C1(C)C. The van der Waals surface area contributed by atoms with Gasteiger partial charge in [-0.1, -0.05) is 63.2 Å².